The van der Waals surface area contributed by atoms with Crippen molar-refractivity contribution < 1.29 is 14.0 Å². The lowest BCUT2D eigenvalue weighted by Crippen LogP contribution is -1.95. The van der Waals surface area contributed by atoms with Crippen molar-refractivity contribution in [3.8, 4) is 11.5 Å². The Balaban J connectivity index is 1.46. The first kappa shape index (κ1) is 15.6. The van der Waals surface area contributed by atoms with Gasteiger partial charge in [-0.15, -0.1) is 0 Å². The van der Waals surface area contributed by atoms with Gasteiger partial charge in [0.05, 0.1) is 14.2 Å². The van der Waals surface area contributed by atoms with Crippen molar-refractivity contribution in [1.82, 2.24) is 15.1 Å². The lowest BCUT2D eigenvalue weighted by molar-refractivity contribution is 0.354. The monoisotopic (exact) mass is 337 g/mol. The van der Waals surface area contributed by atoms with E-state index < -0.39 is 0 Å². The highest BCUT2D eigenvalue weighted by atomic mass is 16.5. The van der Waals surface area contributed by atoms with Crippen LogP contribution in [0.2, 0.25) is 0 Å². The van der Waals surface area contributed by atoms with E-state index in [4.69, 9.17) is 14.0 Å². The van der Waals surface area contributed by atoms with Crippen molar-refractivity contribution in [2.24, 2.45) is 0 Å². The third-order valence-corrected chi connectivity index (χ3v) is 4.51. The summed E-state index contributed by atoms with van der Waals surface area (Å²) in [6.45, 7) is 0. The number of ether oxygens (including phenoxy) is 2. The average Bonchev–Trinajstić information content (AvgIpc) is 3.34. The Kier molecular flexibility index (Phi) is 4.09. The van der Waals surface area contributed by atoms with Crippen molar-refractivity contribution in [2.45, 2.75) is 24.7 Å². The molecule has 0 N–H and O–H groups in total. The standard InChI is InChI=1S/C19H19N3O3/c1-23-16-6-5-12(8-17(16)24-2)9-18-21-19(25-22-18)15-10-14(15)13-4-3-7-20-11-13/h3-8,11,14-15H,9-10H2,1-2H3/t14-,15-/m0/s1. The largest absolute Gasteiger partial charge is 0.493 e. The summed E-state index contributed by atoms with van der Waals surface area (Å²) in [5.41, 5.74) is 2.27. The van der Waals surface area contributed by atoms with Gasteiger partial charge in [-0.1, -0.05) is 17.3 Å². The van der Waals surface area contributed by atoms with Crippen LogP contribution in [0.1, 0.15) is 41.1 Å². The molecule has 0 saturated heterocycles. The van der Waals surface area contributed by atoms with Crippen molar-refractivity contribution >= 4 is 0 Å². The fourth-order valence-electron chi connectivity index (χ4n) is 3.09. The molecule has 128 valence electrons. The highest BCUT2D eigenvalue weighted by Crippen LogP contribution is 2.53. The van der Waals surface area contributed by atoms with Crippen molar-refractivity contribution in [3.63, 3.8) is 0 Å². The molecule has 4 rings (SSSR count). The minimum Gasteiger partial charge on any atom is -0.493 e. The molecule has 2 atom stereocenters. The molecule has 1 saturated carbocycles. The van der Waals surface area contributed by atoms with E-state index in [-0.39, 0.29) is 0 Å². The van der Waals surface area contributed by atoms with E-state index in [1.165, 1.54) is 5.56 Å². The van der Waals surface area contributed by atoms with Gasteiger partial charge in [-0.25, -0.2) is 0 Å². The lowest BCUT2D eigenvalue weighted by Gasteiger charge is -2.08. The van der Waals surface area contributed by atoms with Crippen LogP contribution in [0.4, 0.5) is 0 Å². The number of rotatable bonds is 6. The van der Waals surface area contributed by atoms with Gasteiger partial charge in [0.2, 0.25) is 5.89 Å². The molecule has 3 aromatic rings. The van der Waals surface area contributed by atoms with Crippen LogP contribution in [0.3, 0.4) is 0 Å². The molecule has 1 aliphatic carbocycles. The molecule has 6 nitrogen and oxygen atoms in total. The van der Waals surface area contributed by atoms with Gasteiger partial charge in [0.15, 0.2) is 17.3 Å². The second-order valence-corrected chi connectivity index (χ2v) is 6.15. The molecule has 1 fully saturated rings. The predicted octanol–water partition coefficient (Wildman–Crippen LogP) is 3.34. The number of nitrogens with zero attached hydrogens (tertiary/aromatic N) is 3. The van der Waals surface area contributed by atoms with Crippen LogP contribution in [0.5, 0.6) is 11.5 Å². The molecule has 25 heavy (non-hydrogen) atoms. The average molecular weight is 337 g/mol. The summed E-state index contributed by atoms with van der Waals surface area (Å²) in [7, 11) is 3.25. The zero-order valence-corrected chi connectivity index (χ0v) is 14.2. The zero-order valence-electron chi connectivity index (χ0n) is 14.2. The van der Waals surface area contributed by atoms with Crippen molar-refractivity contribution in [2.75, 3.05) is 14.2 Å². The quantitative estimate of drug-likeness (QED) is 0.687. The number of methoxy groups -OCH3 is 2. The Bertz CT molecular complexity index is 863. The molecule has 0 amide bonds. The maximum atomic E-state index is 5.48. The number of aromatic nitrogens is 3. The zero-order chi connectivity index (χ0) is 17.2. The summed E-state index contributed by atoms with van der Waals surface area (Å²) in [4.78, 5) is 8.75. The van der Waals surface area contributed by atoms with Crippen LogP contribution in [0, 0.1) is 0 Å². The summed E-state index contributed by atoms with van der Waals surface area (Å²) in [5, 5.41) is 4.13. The molecule has 0 radical (unpaired) electrons. The third-order valence-electron chi connectivity index (χ3n) is 4.51. The fourth-order valence-corrected chi connectivity index (χ4v) is 3.09. The van der Waals surface area contributed by atoms with E-state index in [1.807, 2.05) is 30.5 Å². The van der Waals surface area contributed by atoms with E-state index >= 15 is 0 Å². The van der Waals surface area contributed by atoms with Crippen LogP contribution in [0.15, 0.2) is 47.2 Å². The van der Waals surface area contributed by atoms with Gasteiger partial charge >= 0.3 is 0 Å². The molecule has 2 aromatic heterocycles. The number of benzene rings is 1. The van der Waals surface area contributed by atoms with Gasteiger partial charge in [-0.3, -0.25) is 4.98 Å². The second kappa shape index (κ2) is 6.55. The van der Waals surface area contributed by atoms with E-state index in [0.29, 0.717) is 41.5 Å². The Morgan fingerprint density at radius 1 is 1.12 bits per heavy atom. The maximum Gasteiger partial charge on any atom is 0.230 e. The minimum absolute atomic E-state index is 0.302. The smallest absolute Gasteiger partial charge is 0.230 e. The first-order chi connectivity index (χ1) is 12.3. The third kappa shape index (κ3) is 3.20. The molecule has 0 aliphatic heterocycles. The predicted molar refractivity (Wildman–Crippen MR) is 91.0 cm³/mol. The van der Waals surface area contributed by atoms with Gasteiger partial charge in [0, 0.05) is 24.7 Å². The van der Waals surface area contributed by atoms with Crippen LogP contribution < -0.4 is 9.47 Å². The van der Waals surface area contributed by atoms with Gasteiger partial charge in [0.1, 0.15) is 0 Å². The molecular formula is C19H19N3O3. The first-order valence-electron chi connectivity index (χ1n) is 8.21. The first-order valence-corrected chi connectivity index (χ1v) is 8.21. The lowest BCUT2D eigenvalue weighted by atomic mass is 10.1. The second-order valence-electron chi connectivity index (χ2n) is 6.15. The number of hydrogen-bond donors (Lipinski definition) is 0. The van der Waals surface area contributed by atoms with Crippen molar-refractivity contribution in [1.29, 1.82) is 0 Å². The Morgan fingerprint density at radius 2 is 2.00 bits per heavy atom. The van der Waals surface area contributed by atoms with Crippen LogP contribution in [-0.4, -0.2) is 29.3 Å². The fraction of sp³-hybridized carbons (Fsp3) is 0.316. The van der Waals surface area contributed by atoms with Gasteiger partial charge < -0.3 is 14.0 Å². The molecule has 0 spiro atoms. The van der Waals surface area contributed by atoms with Crippen molar-refractivity contribution in [3.05, 3.63) is 65.6 Å². The molecule has 0 bridgehead atoms. The summed E-state index contributed by atoms with van der Waals surface area (Å²) < 4.78 is 16.1. The summed E-state index contributed by atoms with van der Waals surface area (Å²) in [5.74, 6) is 3.53. The summed E-state index contributed by atoms with van der Waals surface area (Å²) >= 11 is 0. The van der Waals surface area contributed by atoms with Crippen LogP contribution >= 0.6 is 0 Å². The molecule has 0 unspecified atom stereocenters. The van der Waals surface area contributed by atoms with Gasteiger partial charge in [-0.05, 0) is 41.7 Å². The topological polar surface area (TPSA) is 70.3 Å². The number of pyridine rings is 1. The molecule has 6 heteroatoms. The van der Waals surface area contributed by atoms with E-state index in [0.717, 1.165) is 12.0 Å². The Morgan fingerprint density at radius 3 is 2.76 bits per heavy atom. The summed E-state index contributed by atoms with van der Waals surface area (Å²) in [6.07, 6.45) is 5.32. The maximum absolute atomic E-state index is 5.48. The van der Waals surface area contributed by atoms with E-state index in [9.17, 15) is 0 Å². The van der Waals surface area contributed by atoms with Crippen LogP contribution in [0.25, 0.3) is 0 Å². The van der Waals surface area contributed by atoms with Gasteiger partial charge in [-0.2, -0.15) is 4.98 Å². The Labute approximate surface area is 145 Å². The van der Waals surface area contributed by atoms with Gasteiger partial charge in [0.25, 0.3) is 0 Å². The van der Waals surface area contributed by atoms with E-state index in [1.54, 1.807) is 20.4 Å². The number of hydrogen-bond acceptors (Lipinski definition) is 6. The highest BCUT2D eigenvalue weighted by Gasteiger charge is 2.43. The molecule has 1 aliphatic rings. The summed E-state index contributed by atoms with van der Waals surface area (Å²) in [6, 6.07) is 9.85. The minimum atomic E-state index is 0.302. The SMILES string of the molecule is COc1ccc(Cc2noc([C@H]3C[C@H]3c3cccnc3)n2)cc1OC. The highest BCUT2D eigenvalue weighted by molar-refractivity contribution is 5.43. The normalized spacial score (nSPS) is 18.8. The van der Waals surface area contributed by atoms with Crippen LogP contribution in [-0.2, 0) is 6.42 Å². The molecular weight excluding hydrogens is 318 g/mol. The van der Waals surface area contributed by atoms with E-state index in [2.05, 4.69) is 21.2 Å². The molecule has 1 aromatic carbocycles. The Hall–Kier alpha value is -2.89. The molecule has 2 heterocycles.